The quantitative estimate of drug-likeness (QED) is 0.556. The number of aliphatic hydroxyl groups is 1. The second-order valence-electron chi connectivity index (χ2n) is 9.36. The maximum atomic E-state index is 13.3. The van der Waals surface area contributed by atoms with Gasteiger partial charge in [-0.3, -0.25) is 4.79 Å². The molecule has 1 N–H and O–H groups in total. The Morgan fingerprint density at radius 3 is 2.09 bits per heavy atom. The highest BCUT2D eigenvalue weighted by Crippen LogP contribution is 2.38. The summed E-state index contributed by atoms with van der Waals surface area (Å²) in [5.74, 6) is 0.562. The number of carbonyl (C=O) groups is 1. The molecule has 0 radical (unpaired) electrons. The van der Waals surface area contributed by atoms with Crippen LogP contribution in [0.3, 0.4) is 0 Å². The summed E-state index contributed by atoms with van der Waals surface area (Å²) in [6.45, 7) is 11.2. The van der Waals surface area contributed by atoms with Gasteiger partial charge in [-0.25, -0.2) is 13.8 Å². The molecule has 2 aromatic carbocycles. The Balaban J connectivity index is 0.000000343. The minimum absolute atomic E-state index is 0.0684. The van der Waals surface area contributed by atoms with Gasteiger partial charge in [-0.05, 0) is 63.1 Å². The van der Waals surface area contributed by atoms with Crippen LogP contribution in [0.1, 0.15) is 57.1 Å². The average molecular weight is 470 g/mol. The lowest BCUT2D eigenvalue weighted by Gasteiger charge is -2.42. The van der Waals surface area contributed by atoms with E-state index in [4.69, 9.17) is 10.1 Å². The Morgan fingerprint density at radius 2 is 1.59 bits per heavy atom. The normalized spacial score (nSPS) is 14.4. The van der Waals surface area contributed by atoms with Crippen LogP contribution in [0, 0.1) is 18.6 Å². The summed E-state index contributed by atoms with van der Waals surface area (Å²) in [6.07, 6.45) is 0.117. The maximum Gasteiger partial charge on any atom is 0.225 e. The molecule has 0 aliphatic carbocycles. The number of nitrogens with zero attached hydrogens (tertiary/aromatic N) is 3. The van der Waals surface area contributed by atoms with Crippen molar-refractivity contribution >= 4 is 5.91 Å². The van der Waals surface area contributed by atoms with Crippen LogP contribution in [-0.4, -0.2) is 38.6 Å². The Labute approximate surface area is 200 Å². The molecule has 1 aromatic heterocycles. The molecule has 1 amide bonds. The predicted octanol–water partition coefficient (Wildman–Crippen LogP) is 5.41. The highest BCUT2D eigenvalue weighted by molar-refractivity contribution is 5.77. The van der Waals surface area contributed by atoms with E-state index in [1.165, 1.54) is 24.3 Å². The second-order valence-corrected chi connectivity index (χ2v) is 9.36. The molecule has 0 atom stereocenters. The highest BCUT2D eigenvalue weighted by Gasteiger charge is 2.41. The number of rotatable bonds is 4. The third-order valence-electron chi connectivity index (χ3n) is 6.08. The first-order valence-corrected chi connectivity index (χ1v) is 11.6. The van der Waals surface area contributed by atoms with Gasteiger partial charge in [0.1, 0.15) is 17.5 Å². The Bertz CT molecular complexity index is 1100. The molecule has 5 nitrogen and oxygen atoms in total. The largest absolute Gasteiger partial charge is 0.396 e. The van der Waals surface area contributed by atoms with E-state index in [0.717, 1.165) is 28.3 Å². The third kappa shape index (κ3) is 5.36. The van der Waals surface area contributed by atoms with Crippen molar-refractivity contribution in [3.8, 4) is 11.3 Å². The fourth-order valence-electron chi connectivity index (χ4n) is 4.36. The van der Waals surface area contributed by atoms with E-state index < -0.39 is 5.54 Å². The van der Waals surface area contributed by atoms with Gasteiger partial charge in [0.2, 0.25) is 5.91 Å². The lowest BCUT2D eigenvalue weighted by Crippen LogP contribution is -2.52. The standard InChI is InChI=1S/C20H26FN3O2.C7H7F/c1-13(2)18-17(14-5-7-15(21)8-6-14)22-19-20(3,4)24(11-10-23(18)19)16(26)9-12-25;1-6-2-4-7(8)5-3-6/h5-8,13,25H,9-12H2,1-4H3;2-5H,1H3. The van der Waals surface area contributed by atoms with E-state index >= 15 is 0 Å². The van der Waals surface area contributed by atoms with Crippen molar-refractivity contribution < 1.29 is 18.7 Å². The maximum absolute atomic E-state index is 13.3. The van der Waals surface area contributed by atoms with Crippen LogP contribution in [0.25, 0.3) is 11.3 Å². The number of carbonyl (C=O) groups excluding carboxylic acids is 1. The first-order valence-electron chi connectivity index (χ1n) is 11.6. The number of aliphatic hydroxyl groups excluding tert-OH is 1. The number of benzene rings is 2. The highest BCUT2D eigenvalue weighted by atomic mass is 19.1. The summed E-state index contributed by atoms with van der Waals surface area (Å²) < 4.78 is 27.6. The smallest absolute Gasteiger partial charge is 0.225 e. The Morgan fingerprint density at radius 1 is 1.03 bits per heavy atom. The van der Waals surface area contributed by atoms with E-state index in [1.807, 2.05) is 20.8 Å². The number of imidazole rings is 1. The van der Waals surface area contributed by atoms with Crippen molar-refractivity contribution in [1.82, 2.24) is 14.5 Å². The summed E-state index contributed by atoms with van der Waals surface area (Å²) in [7, 11) is 0. The number of aryl methyl sites for hydroxylation is 1. The summed E-state index contributed by atoms with van der Waals surface area (Å²) >= 11 is 0. The number of amides is 1. The van der Waals surface area contributed by atoms with Crippen LogP contribution in [0.2, 0.25) is 0 Å². The molecule has 0 unspecified atom stereocenters. The van der Waals surface area contributed by atoms with Crippen LogP contribution >= 0.6 is 0 Å². The Hall–Kier alpha value is -3.06. The van der Waals surface area contributed by atoms with E-state index in [2.05, 4.69) is 18.4 Å². The van der Waals surface area contributed by atoms with Crippen molar-refractivity contribution in [2.75, 3.05) is 13.2 Å². The molecule has 182 valence electrons. The topological polar surface area (TPSA) is 58.4 Å². The van der Waals surface area contributed by atoms with Crippen molar-refractivity contribution in [3.63, 3.8) is 0 Å². The molecule has 0 fully saturated rings. The van der Waals surface area contributed by atoms with Gasteiger partial charge >= 0.3 is 0 Å². The molecule has 2 heterocycles. The summed E-state index contributed by atoms with van der Waals surface area (Å²) in [5.41, 5.74) is 3.34. The summed E-state index contributed by atoms with van der Waals surface area (Å²) in [4.78, 5) is 19.1. The van der Waals surface area contributed by atoms with Crippen molar-refractivity contribution in [3.05, 3.63) is 77.2 Å². The molecule has 7 heteroatoms. The molecule has 4 rings (SSSR count). The van der Waals surface area contributed by atoms with E-state index in [9.17, 15) is 13.6 Å². The molecule has 0 saturated carbocycles. The number of halogens is 2. The molecule has 0 bridgehead atoms. The predicted molar refractivity (Wildman–Crippen MR) is 129 cm³/mol. The molecule has 1 aliphatic rings. The second kappa shape index (κ2) is 10.5. The Kier molecular flexibility index (Phi) is 7.87. The van der Waals surface area contributed by atoms with Crippen LogP contribution in [0.4, 0.5) is 8.78 Å². The third-order valence-corrected chi connectivity index (χ3v) is 6.08. The van der Waals surface area contributed by atoms with Crippen LogP contribution in [0.5, 0.6) is 0 Å². The lowest BCUT2D eigenvalue weighted by molar-refractivity contribution is -0.139. The SMILES string of the molecule is CC(C)c1c(-c2ccc(F)cc2)nc2n1CCN(C(=O)CCO)C2(C)C.Cc1ccc(F)cc1. The van der Waals surface area contributed by atoms with Gasteiger partial charge in [0.05, 0.1) is 17.8 Å². The minimum Gasteiger partial charge on any atom is -0.396 e. The molecule has 34 heavy (non-hydrogen) atoms. The van der Waals surface area contributed by atoms with E-state index in [1.54, 1.807) is 29.2 Å². The average Bonchev–Trinajstić information content (AvgIpc) is 3.18. The number of hydrogen-bond donors (Lipinski definition) is 1. The number of fused-ring (bicyclic) bond motifs is 1. The van der Waals surface area contributed by atoms with Gasteiger partial charge in [0.25, 0.3) is 0 Å². The van der Waals surface area contributed by atoms with Crippen LogP contribution < -0.4 is 0 Å². The van der Waals surface area contributed by atoms with E-state index in [0.29, 0.717) is 13.1 Å². The van der Waals surface area contributed by atoms with Crippen molar-refractivity contribution in [2.45, 2.75) is 59.0 Å². The zero-order valence-corrected chi connectivity index (χ0v) is 20.5. The fraction of sp³-hybridized carbons (Fsp3) is 0.407. The van der Waals surface area contributed by atoms with Gasteiger partial charge in [-0.1, -0.05) is 31.5 Å². The van der Waals surface area contributed by atoms with Crippen molar-refractivity contribution in [2.24, 2.45) is 0 Å². The van der Waals surface area contributed by atoms with Crippen LogP contribution in [-0.2, 0) is 16.9 Å². The minimum atomic E-state index is -0.577. The first kappa shape index (κ1) is 25.6. The summed E-state index contributed by atoms with van der Waals surface area (Å²) in [5, 5.41) is 9.13. The number of hydrogen-bond acceptors (Lipinski definition) is 3. The first-order chi connectivity index (χ1) is 16.1. The van der Waals surface area contributed by atoms with Gasteiger partial charge in [-0.2, -0.15) is 0 Å². The van der Waals surface area contributed by atoms with E-state index in [-0.39, 0.29) is 36.5 Å². The summed E-state index contributed by atoms with van der Waals surface area (Å²) in [6, 6.07) is 12.8. The zero-order valence-electron chi connectivity index (χ0n) is 20.5. The molecular formula is C27H33F2N3O2. The lowest BCUT2D eigenvalue weighted by atomic mass is 9.98. The van der Waals surface area contributed by atoms with Gasteiger partial charge in [0.15, 0.2) is 0 Å². The monoisotopic (exact) mass is 469 g/mol. The van der Waals surface area contributed by atoms with Gasteiger partial charge < -0.3 is 14.6 Å². The zero-order chi connectivity index (χ0) is 25.0. The molecular weight excluding hydrogens is 436 g/mol. The molecule has 3 aromatic rings. The van der Waals surface area contributed by atoms with Crippen molar-refractivity contribution in [1.29, 1.82) is 0 Å². The van der Waals surface area contributed by atoms with Crippen LogP contribution in [0.15, 0.2) is 48.5 Å². The fourth-order valence-corrected chi connectivity index (χ4v) is 4.36. The van der Waals surface area contributed by atoms with Gasteiger partial charge in [-0.15, -0.1) is 0 Å². The number of aromatic nitrogens is 2. The van der Waals surface area contributed by atoms with Gasteiger partial charge in [0, 0.05) is 30.8 Å². The molecule has 0 spiro atoms. The molecule has 1 aliphatic heterocycles. The molecule has 0 saturated heterocycles.